The molecule has 0 saturated carbocycles. The van der Waals surface area contributed by atoms with Gasteiger partial charge in [-0.1, -0.05) is 29.8 Å². The zero-order chi connectivity index (χ0) is 20.2. The van der Waals surface area contributed by atoms with Crippen molar-refractivity contribution >= 4 is 31.9 Å². The van der Waals surface area contributed by atoms with Gasteiger partial charge in [0, 0.05) is 23.6 Å². The maximum Gasteiger partial charge on any atom is 0.241 e. The first-order valence-electron chi connectivity index (χ1n) is 9.40. The fourth-order valence-electron chi connectivity index (χ4n) is 3.19. The molecule has 1 aromatic carbocycles. The van der Waals surface area contributed by atoms with E-state index in [-0.39, 0.29) is 16.7 Å². The second-order valence-corrected chi connectivity index (χ2v) is 10.4. The fraction of sp³-hybridized carbons (Fsp3) is 0.632. The third-order valence-corrected chi connectivity index (χ3v) is 6.95. The van der Waals surface area contributed by atoms with Crippen molar-refractivity contribution in [1.29, 1.82) is 0 Å². The van der Waals surface area contributed by atoms with Crippen LogP contribution >= 0.6 is 15.9 Å². The number of nitrogens with zero attached hydrogens (tertiary/aromatic N) is 1. The van der Waals surface area contributed by atoms with Gasteiger partial charge in [0.15, 0.2) is 0 Å². The molecule has 8 heteroatoms. The number of hydrogen-bond acceptors (Lipinski definition) is 4. The zero-order valence-electron chi connectivity index (χ0n) is 16.4. The third-order valence-electron chi connectivity index (χ3n) is 4.97. The Kier molecular flexibility index (Phi) is 7.85. The van der Waals surface area contributed by atoms with Gasteiger partial charge < -0.3 is 10.2 Å². The van der Waals surface area contributed by atoms with Crippen LogP contribution in [0, 0.1) is 11.8 Å². The lowest BCUT2D eigenvalue weighted by Crippen LogP contribution is -2.50. The summed E-state index contributed by atoms with van der Waals surface area (Å²) < 4.78 is 28.6. The highest BCUT2D eigenvalue weighted by atomic mass is 79.9. The molecule has 1 amide bonds. The summed E-state index contributed by atoms with van der Waals surface area (Å²) in [5, 5.41) is 2.95. The van der Waals surface area contributed by atoms with Crippen LogP contribution in [0.15, 0.2) is 33.6 Å². The first-order chi connectivity index (χ1) is 12.6. The molecule has 1 saturated heterocycles. The first-order valence-corrected chi connectivity index (χ1v) is 11.7. The Morgan fingerprint density at radius 3 is 2.37 bits per heavy atom. The number of nitrogens with one attached hydrogen (secondary N) is 2. The molecule has 152 valence electrons. The maximum atomic E-state index is 12.7. The molecule has 2 rings (SSSR count). The van der Waals surface area contributed by atoms with Gasteiger partial charge in [0.25, 0.3) is 0 Å². The molecule has 1 aliphatic heterocycles. The summed E-state index contributed by atoms with van der Waals surface area (Å²) in [5.41, 5.74) is 0. The normalized spacial score (nSPS) is 19.6. The maximum absolute atomic E-state index is 12.7. The first kappa shape index (κ1) is 22.3. The van der Waals surface area contributed by atoms with Gasteiger partial charge in [-0.05, 0) is 62.9 Å². The van der Waals surface area contributed by atoms with Crippen molar-refractivity contribution in [2.75, 3.05) is 19.6 Å². The third kappa shape index (κ3) is 6.27. The Hall–Kier alpha value is -0.960. The summed E-state index contributed by atoms with van der Waals surface area (Å²) in [4.78, 5) is 15.2. The van der Waals surface area contributed by atoms with Crippen LogP contribution in [0.25, 0.3) is 0 Å². The van der Waals surface area contributed by atoms with E-state index in [2.05, 4.69) is 44.7 Å². The lowest BCUT2D eigenvalue weighted by molar-refractivity contribution is -0.123. The van der Waals surface area contributed by atoms with E-state index in [4.69, 9.17) is 0 Å². The SMILES string of the molecule is CC(C)[C@H](NS(=O)(=O)c1ccc(Br)cc1)C(=O)NCC1CCN(C(C)C)C1. The van der Waals surface area contributed by atoms with Crippen molar-refractivity contribution in [1.82, 2.24) is 14.9 Å². The van der Waals surface area contributed by atoms with Crippen molar-refractivity contribution in [3.8, 4) is 0 Å². The Bertz CT molecular complexity index is 735. The van der Waals surface area contributed by atoms with Crippen LogP contribution < -0.4 is 10.0 Å². The second-order valence-electron chi connectivity index (χ2n) is 7.79. The van der Waals surface area contributed by atoms with Crippen LogP contribution in [0.2, 0.25) is 0 Å². The lowest BCUT2D eigenvalue weighted by Gasteiger charge is -2.23. The second kappa shape index (κ2) is 9.49. The van der Waals surface area contributed by atoms with Gasteiger partial charge >= 0.3 is 0 Å². The minimum atomic E-state index is -3.76. The van der Waals surface area contributed by atoms with Crippen LogP contribution in [-0.2, 0) is 14.8 Å². The topological polar surface area (TPSA) is 78.5 Å². The molecule has 0 bridgehead atoms. The largest absolute Gasteiger partial charge is 0.354 e. The summed E-state index contributed by atoms with van der Waals surface area (Å²) in [6, 6.07) is 6.06. The molecule has 27 heavy (non-hydrogen) atoms. The average Bonchev–Trinajstić information content (AvgIpc) is 3.07. The minimum absolute atomic E-state index is 0.146. The molecule has 1 unspecified atom stereocenters. The Morgan fingerprint density at radius 2 is 1.85 bits per heavy atom. The number of rotatable bonds is 8. The van der Waals surface area contributed by atoms with Crippen LogP contribution in [0.4, 0.5) is 0 Å². The van der Waals surface area contributed by atoms with Gasteiger partial charge in [0.2, 0.25) is 15.9 Å². The van der Waals surface area contributed by atoms with Crippen LogP contribution in [0.1, 0.15) is 34.1 Å². The molecular weight excluding hydrogens is 430 g/mol. The highest BCUT2D eigenvalue weighted by Gasteiger charge is 2.30. The van der Waals surface area contributed by atoms with Crippen LogP contribution in [0.5, 0.6) is 0 Å². The molecule has 0 aromatic heterocycles. The summed E-state index contributed by atoms with van der Waals surface area (Å²) in [5.74, 6) is -0.0214. The summed E-state index contributed by atoms with van der Waals surface area (Å²) in [7, 11) is -3.76. The van der Waals surface area contributed by atoms with Crippen LogP contribution in [-0.4, -0.2) is 50.9 Å². The molecule has 1 heterocycles. The average molecular weight is 460 g/mol. The minimum Gasteiger partial charge on any atom is -0.354 e. The molecule has 1 aliphatic rings. The molecule has 1 fully saturated rings. The van der Waals surface area contributed by atoms with Gasteiger partial charge in [-0.15, -0.1) is 0 Å². The predicted octanol–water partition coefficient (Wildman–Crippen LogP) is 2.60. The van der Waals surface area contributed by atoms with E-state index < -0.39 is 16.1 Å². The van der Waals surface area contributed by atoms with E-state index in [1.54, 1.807) is 12.1 Å². The smallest absolute Gasteiger partial charge is 0.241 e. The number of amides is 1. The van der Waals surface area contributed by atoms with Crippen molar-refractivity contribution in [2.24, 2.45) is 11.8 Å². The molecule has 6 nitrogen and oxygen atoms in total. The predicted molar refractivity (Wildman–Crippen MR) is 111 cm³/mol. The number of halogens is 1. The van der Waals surface area contributed by atoms with E-state index in [9.17, 15) is 13.2 Å². The van der Waals surface area contributed by atoms with Crippen molar-refractivity contribution in [3.63, 3.8) is 0 Å². The molecule has 0 aliphatic carbocycles. The van der Waals surface area contributed by atoms with Crippen molar-refractivity contribution in [2.45, 2.75) is 51.1 Å². The van der Waals surface area contributed by atoms with Crippen molar-refractivity contribution < 1.29 is 13.2 Å². The number of benzene rings is 1. The Balaban J connectivity index is 1.98. The lowest BCUT2D eigenvalue weighted by atomic mass is 10.0. The van der Waals surface area contributed by atoms with E-state index in [1.165, 1.54) is 12.1 Å². The van der Waals surface area contributed by atoms with Gasteiger partial charge in [-0.3, -0.25) is 4.79 Å². The summed E-state index contributed by atoms with van der Waals surface area (Å²) in [6.45, 7) is 10.6. The van der Waals surface area contributed by atoms with Gasteiger partial charge in [0.1, 0.15) is 6.04 Å². The van der Waals surface area contributed by atoms with Gasteiger partial charge in [0.05, 0.1) is 4.90 Å². The van der Waals surface area contributed by atoms with E-state index >= 15 is 0 Å². The van der Waals surface area contributed by atoms with E-state index in [0.717, 1.165) is 24.0 Å². The highest BCUT2D eigenvalue weighted by molar-refractivity contribution is 9.10. The summed E-state index contributed by atoms with van der Waals surface area (Å²) >= 11 is 3.29. The number of carbonyl (C=O) groups is 1. The molecule has 0 spiro atoms. The molecule has 0 radical (unpaired) electrons. The number of sulfonamides is 1. The van der Waals surface area contributed by atoms with E-state index in [0.29, 0.717) is 18.5 Å². The molecule has 1 aromatic rings. The monoisotopic (exact) mass is 459 g/mol. The quantitative estimate of drug-likeness (QED) is 0.625. The fourth-order valence-corrected chi connectivity index (χ4v) is 4.80. The van der Waals surface area contributed by atoms with Gasteiger partial charge in [-0.2, -0.15) is 4.72 Å². The molecule has 2 atom stereocenters. The Labute approximate surface area is 171 Å². The highest BCUT2D eigenvalue weighted by Crippen LogP contribution is 2.18. The number of likely N-dealkylation sites (tertiary alicyclic amines) is 1. The van der Waals surface area contributed by atoms with E-state index in [1.807, 2.05) is 13.8 Å². The van der Waals surface area contributed by atoms with Gasteiger partial charge in [-0.25, -0.2) is 8.42 Å². The molecular formula is C19H30BrN3O3S. The van der Waals surface area contributed by atoms with Crippen molar-refractivity contribution in [3.05, 3.63) is 28.7 Å². The number of hydrogen-bond donors (Lipinski definition) is 2. The zero-order valence-corrected chi connectivity index (χ0v) is 18.8. The van der Waals surface area contributed by atoms with Crippen LogP contribution in [0.3, 0.4) is 0 Å². The Morgan fingerprint density at radius 1 is 1.22 bits per heavy atom. The number of carbonyl (C=O) groups excluding carboxylic acids is 1. The molecule has 2 N–H and O–H groups in total. The standard InChI is InChI=1S/C19H30BrN3O3S/c1-13(2)18(22-27(25,26)17-7-5-16(20)6-8-17)19(24)21-11-15-9-10-23(12-15)14(3)4/h5-8,13-15,18,22H,9-12H2,1-4H3,(H,21,24)/t15?,18-/m0/s1. The summed E-state index contributed by atoms with van der Waals surface area (Å²) in [6.07, 6.45) is 1.05.